The molecule has 0 aromatic carbocycles. The number of carbonyl (C=O) groups excluding carboxylic acids is 1. The molecule has 0 unspecified atom stereocenters. The van der Waals surface area contributed by atoms with Crippen LogP contribution < -0.4 is 0 Å². The molecule has 0 bridgehead atoms. The van der Waals surface area contributed by atoms with Crippen molar-refractivity contribution in [1.29, 1.82) is 0 Å². The second-order valence-electron chi connectivity index (χ2n) is 8.69. The van der Waals surface area contributed by atoms with E-state index in [-0.39, 0.29) is 22.9 Å². The van der Waals surface area contributed by atoms with Gasteiger partial charge in [-0.1, -0.05) is 40.3 Å². The highest BCUT2D eigenvalue weighted by atomic mass is 16.3. The summed E-state index contributed by atoms with van der Waals surface area (Å²) in [7, 11) is 0. The summed E-state index contributed by atoms with van der Waals surface area (Å²) in [5.74, 6) is 1.72. The fourth-order valence-corrected chi connectivity index (χ4v) is 6.12. The molecule has 0 heterocycles. The van der Waals surface area contributed by atoms with E-state index in [0.717, 1.165) is 31.3 Å². The standard InChI is InChI=1S/C20H30O2/c1-6-13-11-15(21)18-14(12(13)2)7-8-16-19(3,4)17(22)9-10-20(16,18)5/h6,11-12,14,16-18,22H,1,7-10H2,2-5H3/t12-,14-,16-,17-,18+,20-/m1/s1. The lowest BCUT2D eigenvalue weighted by Gasteiger charge is -2.61. The molecule has 2 fully saturated rings. The topological polar surface area (TPSA) is 37.3 Å². The van der Waals surface area contributed by atoms with Gasteiger partial charge in [-0.15, -0.1) is 0 Å². The minimum atomic E-state index is -0.238. The van der Waals surface area contributed by atoms with Gasteiger partial charge in [0.2, 0.25) is 0 Å². The number of fused-ring (bicyclic) bond motifs is 3. The molecule has 3 aliphatic rings. The number of aliphatic hydroxyl groups is 1. The van der Waals surface area contributed by atoms with Crippen molar-refractivity contribution in [3.8, 4) is 0 Å². The van der Waals surface area contributed by atoms with Crippen molar-refractivity contribution in [3.05, 3.63) is 24.3 Å². The zero-order valence-electron chi connectivity index (χ0n) is 14.4. The van der Waals surface area contributed by atoms with Crippen molar-refractivity contribution < 1.29 is 9.90 Å². The van der Waals surface area contributed by atoms with Crippen LogP contribution in [0.25, 0.3) is 0 Å². The summed E-state index contributed by atoms with van der Waals surface area (Å²) in [6.45, 7) is 12.9. The van der Waals surface area contributed by atoms with Crippen molar-refractivity contribution in [3.63, 3.8) is 0 Å². The summed E-state index contributed by atoms with van der Waals surface area (Å²) < 4.78 is 0. The summed E-state index contributed by atoms with van der Waals surface area (Å²) in [5.41, 5.74) is 1.05. The Morgan fingerprint density at radius 2 is 1.95 bits per heavy atom. The van der Waals surface area contributed by atoms with E-state index in [1.165, 1.54) is 0 Å². The molecule has 122 valence electrons. The molecule has 0 aromatic rings. The molecule has 0 spiro atoms. The summed E-state index contributed by atoms with van der Waals surface area (Å²) in [4.78, 5) is 12.9. The van der Waals surface area contributed by atoms with Crippen LogP contribution in [0.3, 0.4) is 0 Å². The van der Waals surface area contributed by atoms with Crippen LogP contribution in [0.2, 0.25) is 0 Å². The Bertz CT molecular complexity index is 530. The smallest absolute Gasteiger partial charge is 0.159 e. The molecule has 2 saturated carbocycles. The van der Waals surface area contributed by atoms with Gasteiger partial charge in [-0.25, -0.2) is 0 Å². The highest BCUT2D eigenvalue weighted by Gasteiger charge is 2.60. The first-order valence-corrected chi connectivity index (χ1v) is 8.79. The van der Waals surface area contributed by atoms with Gasteiger partial charge in [-0.2, -0.15) is 0 Å². The second-order valence-corrected chi connectivity index (χ2v) is 8.69. The molecule has 1 N–H and O–H groups in total. The Morgan fingerprint density at radius 3 is 2.59 bits per heavy atom. The SMILES string of the molecule is C=CC1=CC(=O)[C@@H]2[C@H](CC[C@@H]3C(C)(C)[C@H](O)CC[C@@]23C)[C@@H]1C. The molecule has 0 aliphatic heterocycles. The molecular formula is C20H30O2. The molecule has 0 amide bonds. The summed E-state index contributed by atoms with van der Waals surface area (Å²) in [6.07, 6.45) is 7.49. The van der Waals surface area contributed by atoms with Crippen LogP contribution in [0.1, 0.15) is 53.4 Å². The largest absolute Gasteiger partial charge is 0.393 e. The quantitative estimate of drug-likeness (QED) is 0.790. The normalized spacial score (nSPS) is 47.2. The van der Waals surface area contributed by atoms with Gasteiger partial charge >= 0.3 is 0 Å². The number of hydrogen-bond donors (Lipinski definition) is 1. The number of aliphatic hydroxyl groups excluding tert-OH is 1. The maximum absolute atomic E-state index is 12.9. The Morgan fingerprint density at radius 1 is 1.27 bits per heavy atom. The number of allylic oxidation sites excluding steroid dienone is 3. The third kappa shape index (κ3) is 1.99. The van der Waals surface area contributed by atoms with Gasteiger partial charge in [0, 0.05) is 5.92 Å². The Hall–Kier alpha value is -0.890. The first-order chi connectivity index (χ1) is 10.2. The van der Waals surface area contributed by atoms with Gasteiger partial charge in [0.25, 0.3) is 0 Å². The molecule has 22 heavy (non-hydrogen) atoms. The Kier molecular flexibility index (Phi) is 3.67. The lowest BCUT2D eigenvalue weighted by atomic mass is 9.43. The van der Waals surface area contributed by atoms with E-state index in [4.69, 9.17) is 0 Å². The molecule has 2 heteroatoms. The first-order valence-electron chi connectivity index (χ1n) is 8.79. The van der Waals surface area contributed by atoms with E-state index in [9.17, 15) is 9.90 Å². The van der Waals surface area contributed by atoms with Crippen molar-refractivity contribution in [1.82, 2.24) is 0 Å². The van der Waals surface area contributed by atoms with Gasteiger partial charge in [-0.05, 0) is 65.9 Å². The fourth-order valence-electron chi connectivity index (χ4n) is 6.12. The van der Waals surface area contributed by atoms with Gasteiger partial charge in [0.15, 0.2) is 5.78 Å². The Balaban J connectivity index is 2.04. The minimum Gasteiger partial charge on any atom is -0.393 e. The van der Waals surface area contributed by atoms with Crippen LogP contribution in [0.4, 0.5) is 0 Å². The van der Waals surface area contributed by atoms with Crippen molar-refractivity contribution in [2.75, 3.05) is 0 Å². The van der Waals surface area contributed by atoms with Crippen LogP contribution in [0.15, 0.2) is 24.3 Å². The zero-order valence-corrected chi connectivity index (χ0v) is 14.4. The molecular weight excluding hydrogens is 272 g/mol. The Labute approximate surface area is 134 Å². The van der Waals surface area contributed by atoms with Crippen molar-refractivity contribution in [2.45, 2.75) is 59.5 Å². The maximum Gasteiger partial charge on any atom is 0.159 e. The maximum atomic E-state index is 12.9. The number of rotatable bonds is 1. The fraction of sp³-hybridized carbons (Fsp3) is 0.750. The van der Waals surface area contributed by atoms with Crippen molar-refractivity contribution >= 4 is 5.78 Å². The summed E-state index contributed by atoms with van der Waals surface area (Å²) in [5, 5.41) is 10.5. The highest BCUT2D eigenvalue weighted by Crippen LogP contribution is 2.63. The molecule has 3 aliphatic carbocycles. The molecule has 2 nitrogen and oxygen atoms in total. The van der Waals surface area contributed by atoms with Crippen LogP contribution in [-0.4, -0.2) is 17.0 Å². The van der Waals surface area contributed by atoms with E-state index in [0.29, 0.717) is 23.5 Å². The lowest BCUT2D eigenvalue weighted by Crippen LogP contribution is -2.59. The molecule has 0 aromatic heterocycles. The average Bonchev–Trinajstić information content (AvgIpc) is 2.46. The molecule has 0 saturated heterocycles. The van der Waals surface area contributed by atoms with E-state index < -0.39 is 0 Å². The van der Waals surface area contributed by atoms with Crippen LogP contribution in [-0.2, 0) is 4.79 Å². The average molecular weight is 302 g/mol. The second kappa shape index (κ2) is 5.06. The molecule has 0 radical (unpaired) electrons. The van der Waals surface area contributed by atoms with E-state index >= 15 is 0 Å². The van der Waals surface area contributed by atoms with Crippen molar-refractivity contribution in [2.24, 2.45) is 34.5 Å². The molecule has 3 rings (SSSR count). The molecule has 6 atom stereocenters. The van der Waals surface area contributed by atoms with Crippen LogP contribution in [0, 0.1) is 34.5 Å². The van der Waals surface area contributed by atoms with E-state index in [1.54, 1.807) is 0 Å². The third-order valence-corrected chi connectivity index (χ3v) is 7.46. The highest BCUT2D eigenvalue weighted by molar-refractivity contribution is 5.95. The predicted octanol–water partition coefficient (Wildman–Crippen LogP) is 4.15. The van der Waals surface area contributed by atoms with E-state index in [1.807, 2.05) is 12.2 Å². The minimum absolute atomic E-state index is 0.0280. The van der Waals surface area contributed by atoms with Crippen LogP contribution in [0.5, 0.6) is 0 Å². The lowest BCUT2D eigenvalue weighted by molar-refractivity contribution is -0.165. The third-order valence-electron chi connectivity index (χ3n) is 7.46. The number of ketones is 1. The van der Waals surface area contributed by atoms with Gasteiger partial charge < -0.3 is 5.11 Å². The monoisotopic (exact) mass is 302 g/mol. The van der Waals surface area contributed by atoms with Crippen LogP contribution >= 0.6 is 0 Å². The van der Waals surface area contributed by atoms with E-state index in [2.05, 4.69) is 34.3 Å². The number of carbonyl (C=O) groups is 1. The summed E-state index contributed by atoms with van der Waals surface area (Å²) >= 11 is 0. The van der Waals surface area contributed by atoms with Gasteiger partial charge in [0.05, 0.1) is 6.10 Å². The predicted molar refractivity (Wildman–Crippen MR) is 89.3 cm³/mol. The van der Waals surface area contributed by atoms with Gasteiger partial charge in [-0.3, -0.25) is 4.79 Å². The van der Waals surface area contributed by atoms with Gasteiger partial charge in [0.1, 0.15) is 0 Å². The first kappa shape index (κ1) is 16.0. The summed E-state index contributed by atoms with van der Waals surface area (Å²) in [6, 6.07) is 0. The zero-order chi connectivity index (χ0) is 16.3. The number of hydrogen-bond acceptors (Lipinski definition) is 2.